The lowest BCUT2D eigenvalue weighted by atomic mass is 9.87. The van der Waals surface area contributed by atoms with E-state index in [-0.39, 0.29) is 72.3 Å². The van der Waals surface area contributed by atoms with E-state index in [0.717, 1.165) is 22.0 Å². The number of halogens is 6. The van der Waals surface area contributed by atoms with Gasteiger partial charge in [-0.05, 0) is 38.2 Å². The van der Waals surface area contributed by atoms with Crippen LogP contribution in [0.1, 0.15) is 123 Å². The molecule has 0 aromatic carbocycles. The molecule has 40 heteroatoms. The molecule has 0 aromatic rings. The van der Waals surface area contributed by atoms with Crippen LogP contribution < -0.4 is 22.9 Å². The van der Waals surface area contributed by atoms with Crippen LogP contribution in [0.4, 0.5) is 26.3 Å². The average Bonchev–Trinajstić information content (AvgIpc) is 1.48. The molecule has 0 unspecified atom stereocenters. The van der Waals surface area contributed by atoms with Crippen LogP contribution in [0.25, 0.3) is 0 Å². The molecule has 4 fully saturated rings. The van der Waals surface area contributed by atoms with E-state index in [1.165, 1.54) is 93.5 Å². The van der Waals surface area contributed by atoms with Crippen molar-refractivity contribution in [2.75, 3.05) is 39.8 Å². The lowest BCUT2D eigenvalue weighted by Crippen LogP contribution is -2.57. The van der Waals surface area contributed by atoms with Crippen molar-refractivity contribution < 1.29 is 132 Å². The molecule has 0 bridgehead atoms. The van der Waals surface area contributed by atoms with Gasteiger partial charge in [0.05, 0.1) is 23.7 Å². The van der Waals surface area contributed by atoms with E-state index in [2.05, 4.69) is 59.4 Å². The Kier molecular flexibility index (Phi) is 32.3. The van der Waals surface area contributed by atoms with Gasteiger partial charge in [-0.2, -0.15) is 17.6 Å². The fourth-order valence-electron chi connectivity index (χ4n) is 11.9. The molecule has 8 aliphatic rings. The van der Waals surface area contributed by atoms with Crippen LogP contribution in [-0.2, 0) is 95.2 Å². The predicted molar refractivity (Wildman–Crippen MR) is 405 cm³/mol. The van der Waals surface area contributed by atoms with Gasteiger partial charge in [-0.15, -0.1) is 0 Å². The lowest BCUT2D eigenvalue weighted by molar-refractivity contribution is -0.187. The average molecular weight is 1650 g/mol. The molecule has 0 saturated carbocycles. The van der Waals surface area contributed by atoms with Gasteiger partial charge in [-0.1, -0.05) is 135 Å². The second-order valence-corrected chi connectivity index (χ2v) is 29.0. The van der Waals surface area contributed by atoms with Gasteiger partial charge >= 0.3 is 59.6 Å². The van der Waals surface area contributed by atoms with Gasteiger partial charge in [-0.3, -0.25) is 38.4 Å². The van der Waals surface area contributed by atoms with Crippen LogP contribution in [0.2, 0.25) is 0 Å². The first-order valence-electron chi connectivity index (χ1n) is 36.7. The largest absolute Gasteiger partial charge is 0.462 e. The highest BCUT2D eigenvalue weighted by molar-refractivity contribution is 5.94. The van der Waals surface area contributed by atoms with Crippen LogP contribution in [-0.4, -0.2) is 235 Å². The summed E-state index contributed by atoms with van der Waals surface area (Å²) in [6.07, 6.45) is -0.464. The van der Waals surface area contributed by atoms with Crippen molar-refractivity contribution >= 4 is 71.1 Å². The number of carbonyl (C=O) groups is 8. The maximum absolute atomic E-state index is 15.5. The summed E-state index contributed by atoms with van der Waals surface area (Å²) < 4.78 is 155. The molecule has 10 N–H and O–H groups in total. The fourth-order valence-corrected chi connectivity index (χ4v) is 11.9. The quantitative estimate of drug-likeness (QED) is 0.0222. The summed E-state index contributed by atoms with van der Waals surface area (Å²) in [7, 11) is 0. The second-order valence-electron chi connectivity index (χ2n) is 29.0. The van der Waals surface area contributed by atoms with Crippen molar-refractivity contribution in [3.8, 4) is 0 Å². The SMILES string of the molecule is C=C1N=C(N)C=CN1[C@@H]1O[C@](CF)(COC(=O)C(C)C)[C@@H](OC(=O)C(C)C)[C@@]1(C)O.C=C1N=C(N)C=CN1[C@@H]1O[C@](CF)(COC(=O)CC)[C@@H](OC(=O)CC)[C@@]1(C)O.C=C[C@]1(COC(=O)C(C)C)O[C@@H](N2C=CC(N)=NC2=C)C(F)(F)[C@@H]1OC(=O)C(C)C.C=C[C@]1(COC(=O)CC)O[C@@H](N2C=CC(N)=NC2=C)C(F)(F)[C@@H]1OC(=O)CC. The Morgan fingerprint density at radius 3 is 0.983 bits per heavy atom. The third-order valence-corrected chi connectivity index (χ3v) is 18.5. The molecule has 0 aliphatic carbocycles. The van der Waals surface area contributed by atoms with Gasteiger partial charge < -0.3 is 110 Å². The standard InChI is InChI=1S/C20H27F2N3O5.C20H30FN3O6.C18H23F2N3O5.C18H26FN3O6/c1-7-19(10-28-15(26)11(2)3)17(29-16(27)12(4)5)20(21,22)18(30-19)25-9-8-14(23)24-13(25)6;1-11(2)15(25)28-10-20(9-21)17(29-16(26)12(3)4)19(6,27)18(30-20)24-8-7-14(22)23-13(24)5;1-5-13(24)26-10-17(7-3)15(27-14(25)6-2)18(19,20)16(28-17)23-9-8-12(21)22-11(23)4;1-5-13(23)26-10-18(9-19)15(27-14(24)6-2)17(4,25)16(28-18)22-8-7-12(20)21-11(22)3/h7-9,11-12,17-18H,1,6,10H2,2-5H3,(H2,23,24);7-8,11-12,17-18,27H,5,9-10H2,1-4,6H3,(H2,22,23);7-9,15-16H,3-6,10H2,1-2H3,(H2,21,22);7-8,15-16,25H,3,5-6,9-10H2,1-2,4H3,(H2,20,21)/t17-,18-,19-;17-,18+,19+,20+;15-,16-,17-;15-,16+,17+,18+/m1010/s1. The molecule has 34 nitrogen and oxygen atoms in total. The molecule has 8 heterocycles. The normalized spacial score (nSPS) is 30.0. The molecular weight excluding hydrogens is 1550 g/mol. The van der Waals surface area contributed by atoms with Crippen LogP contribution in [0.15, 0.2) is 144 Å². The molecule has 0 radical (unpaired) electrons. The van der Waals surface area contributed by atoms with Crippen molar-refractivity contribution in [3.63, 3.8) is 0 Å². The minimum absolute atomic E-state index is 0.00547. The summed E-state index contributed by atoms with van der Waals surface area (Å²) in [6.45, 7) is 38.7. The summed E-state index contributed by atoms with van der Waals surface area (Å²) >= 11 is 0. The van der Waals surface area contributed by atoms with Crippen LogP contribution in [0.5, 0.6) is 0 Å². The van der Waals surface area contributed by atoms with Gasteiger partial charge in [-0.25, -0.2) is 28.8 Å². The van der Waals surface area contributed by atoms with Gasteiger partial charge in [0, 0.05) is 50.5 Å². The molecule has 0 spiro atoms. The zero-order valence-electron chi connectivity index (χ0n) is 67.2. The summed E-state index contributed by atoms with van der Waals surface area (Å²) in [5.41, 5.74) is 10.8. The Balaban J connectivity index is 0.000000276. The van der Waals surface area contributed by atoms with E-state index in [0.29, 0.717) is 0 Å². The van der Waals surface area contributed by atoms with E-state index >= 15 is 17.6 Å². The number of hydrogen-bond acceptors (Lipinski definition) is 34. The minimum Gasteiger partial charge on any atom is -0.462 e. The van der Waals surface area contributed by atoms with Gasteiger partial charge in [0.25, 0.3) is 0 Å². The topological polar surface area (TPSA) is 454 Å². The van der Waals surface area contributed by atoms with E-state index in [9.17, 15) is 57.4 Å². The van der Waals surface area contributed by atoms with Crippen LogP contribution in [0, 0.1) is 23.7 Å². The highest BCUT2D eigenvalue weighted by atomic mass is 19.3. The van der Waals surface area contributed by atoms with Crippen molar-refractivity contribution in [2.24, 2.45) is 66.6 Å². The summed E-state index contributed by atoms with van der Waals surface area (Å²) in [5, 5.41) is 22.5. The molecule has 4 saturated heterocycles. The first-order chi connectivity index (χ1) is 53.9. The van der Waals surface area contributed by atoms with E-state index in [1.807, 2.05) is 0 Å². The van der Waals surface area contributed by atoms with Crippen LogP contribution in [0.3, 0.4) is 0 Å². The zero-order valence-corrected chi connectivity index (χ0v) is 67.2. The maximum Gasteiger partial charge on any atom is 0.331 e. The van der Waals surface area contributed by atoms with E-state index < -0.39 is 206 Å². The van der Waals surface area contributed by atoms with Crippen molar-refractivity contribution in [1.29, 1.82) is 0 Å². The Hall–Kier alpha value is -10.4. The van der Waals surface area contributed by atoms with Crippen molar-refractivity contribution in [1.82, 2.24) is 19.6 Å². The van der Waals surface area contributed by atoms with E-state index in [4.69, 9.17) is 79.8 Å². The van der Waals surface area contributed by atoms with Crippen LogP contribution >= 0.6 is 0 Å². The number of nitrogens with two attached hydrogens (primary N) is 4. The predicted octanol–water partition coefficient (Wildman–Crippen LogP) is 6.12. The number of esters is 8. The Morgan fingerprint density at radius 1 is 0.431 bits per heavy atom. The number of rotatable bonds is 28. The van der Waals surface area contributed by atoms with Crippen molar-refractivity contribution in [3.05, 3.63) is 124 Å². The number of aliphatic hydroxyl groups is 2. The molecule has 14 atom stereocenters. The van der Waals surface area contributed by atoms with Gasteiger partial charge in [0.1, 0.15) is 97.6 Å². The number of alkyl halides is 6. The van der Waals surface area contributed by atoms with Gasteiger partial charge in [0.2, 0.25) is 24.7 Å². The van der Waals surface area contributed by atoms with E-state index in [1.54, 1.807) is 62.3 Å². The van der Waals surface area contributed by atoms with Crippen molar-refractivity contribution in [2.45, 2.75) is 217 Å². The monoisotopic (exact) mass is 1650 g/mol. The maximum atomic E-state index is 15.5. The molecule has 644 valence electrons. The number of carbonyl (C=O) groups excluding carboxylic acids is 8. The number of ether oxygens (including phenoxy) is 12. The highest BCUT2D eigenvalue weighted by Gasteiger charge is 2.73. The first-order valence-corrected chi connectivity index (χ1v) is 36.7. The third kappa shape index (κ3) is 21.4. The number of hydrogen-bond donors (Lipinski definition) is 6. The second kappa shape index (κ2) is 39.0. The minimum atomic E-state index is -3.74. The lowest BCUT2D eigenvalue weighted by Gasteiger charge is -2.36. The first kappa shape index (κ1) is 96.2. The Morgan fingerprint density at radius 2 is 0.690 bits per heavy atom. The van der Waals surface area contributed by atoms with Gasteiger partial charge in [0.15, 0.2) is 47.1 Å². The molecule has 0 aromatic heterocycles. The molecular formula is C76H106F6N12O22. The summed E-state index contributed by atoms with van der Waals surface area (Å²) in [5.74, 6) is -14.4. The molecule has 8 aliphatic heterocycles. The molecule has 116 heavy (non-hydrogen) atoms. The highest BCUT2D eigenvalue weighted by Crippen LogP contribution is 2.51. The number of nitrogens with zero attached hydrogens (tertiary/aromatic N) is 8. The molecule has 0 amide bonds. The summed E-state index contributed by atoms with van der Waals surface area (Å²) in [4.78, 5) is 116. The molecule has 8 rings (SSSR count). The zero-order chi connectivity index (χ0) is 87.9. The third-order valence-electron chi connectivity index (χ3n) is 18.5. The fraction of sp³-hybridized carbons (Fsp3) is 0.579. The summed E-state index contributed by atoms with van der Waals surface area (Å²) in [6, 6.07) is 0. The smallest absolute Gasteiger partial charge is 0.331 e. The number of amidine groups is 4. The Bertz CT molecular complexity index is 3990. The number of aliphatic imine (C=N–C) groups is 4. The Labute approximate surface area is 667 Å².